The van der Waals surface area contributed by atoms with Crippen LogP contribution in [-0.4, -0.2) is 58.7 Å². The lowest BCUT2D eigenvalue weighted by Crippen LogP contribution is -2.32. The van der Waals surface area contributed by atoms with E-state index in [2.05, 4.69) is 5.28 Å². The highest BCUT2D eigenvalue weighted by molar-refractivity contribution is 6.01. The minimum Gasteiger partial charge on any atom is -0.569 e. The van der Waals surface area contributed by atoms with Crippen molar-refractivity contribution in [3.8, 4) is 0 Å². The molecule has 0 atom stereocenters. The molecule has 0 saturated carbocycles. The Morgan fingerprint density at radius 2 is 2.00 bits per heavy atom. The summed E-state index contributed by atoms with van der Waals surface area (Å²) in [6, 6.07) is 0. The van der Waals surface area contributed by atoms with Gasteiger partial charge in [0.25, 0.3) is 0 Å². The number of hydrazine groups is 1. The van der Waals surface area contributed by atoms with Gasteiger partial charge < -0.3 is 15.2 Å². The maximum atomic E-state index is 11.5. The van der Waals surface area contributed by atoms with Crippen LogP contribution >= 0.6 is 0 Å². The van der Waals surface area contributed by atoms with E-state index >= 15 is 0 Å². The number of hydrogen-bond acceptors (Lipinski definition) is 6. The molecule has 2 amide bonds. The third-order valence-corrected chi connectivity index (χ3v) is 2.90. The number of aliphatic hydroxyl groups excluding tert-OH is 1. The van der Waals surface area contributed by atoms with E-state index < -0.39 is 0 Å². The SMILES string of the molecule is CN(CCCCCO)/[N+]([O-])=N\OCN1C(=O)CCC1=O. The van der Waals surface area contributed by atoms with Crippen molar-refractivity contribution in [1.29, 1.82) is 0 Å². The molecule has 9 nitrogen and oxygen atoms in total. The molecule has 9 heteroatoms. The Morgan fingerprint density at radius 1 is 1.35 bits per heavy atom. The quantitative estimate of drug-likeness (QED) is 0.210. The summed E-state index contributed by atoms with van der Waals surface area (Å²) in [7, 11) is 1.55. The van der Waals surface area contributed by atoms with Crippen molar-refractivity contribution < 1.29 is 24.5 Å². The number of aliphatic hydroxyl groups is 1. The average Bonchev–Trinajstić information content (AvgIpc) is 2.74. The van der Waals surface area contributed by atoms with Crippen molar-refractivity contribution in [2.24, 2.45) is 5.28 Å². The Balaban J connectivity index is 2.26. The topological polar surface area (TPSA) is 109 Å². The number of unbranched alkanes of at least 4 members (excludes halogenated alkanes) is 2. The summed E-state index contributed by atoms with van der Waals surface area (Å²) in [5, 5.41) is 24.6. The first kappa shape index (κ1) is 16.2. The fourth-order valence-corrected chi connectivity index (χ4v) is 1.68. The Kier molecular flexibility index (Phi) is 6.71. The lowest BCUT2D eigenvalue weighted by atomic mass is 10.2. The van der Waals surface area contributed by atoms with Gasteiger partial charge in [0.15, 0.2) is 0 Å². The molecule has 1 aliphatic heterocycles. The van der Waals surface area contributed by atoms with E-state index in [1.807, 2.05) is 0 Å². The molecule has 0 aliphatic carbocycles. The van der Waals surface area contributed by atoms with E-state index in [1.165, 1.54) is 5.01 Å². The Bertz CT molecular complexity index is 358. The second-order valence-corrected chi connectivity index (χ2v) is 4.47. The van der Waals surface area contributed by atoms with Crippen molar-refractivity contribution in [2.45, 2.75) is 32.1 Å². The highest BCUT2D eigenvalue weighted by Gasteiger charge is 2.29. The molecule has 0 aromatic carbocycles. The van der Waals surface area contributed by atoms with Gasteiger partial charge in [0.2, 0.25) is 23.8 Å². The number of imide groups is 1. The Labute approximate surface area is 116 Å². The van der Waals surface area contributed by atoms with E-state index in [0.29, 0.717) is 13.0 Å². The summed E-state index contributed by atoms with van der Waals surface area (Å²) in [6.07, 6.45) is 2.60. The van der Waals surface area contributed by atoms with Crippen LogP contribution < -0.4 is 0 Å². The van der Waals surface area contributed by atoms with Gasteiger partial charge in [-0.3, -0.25) is 9.59 Å². The second kappa shape index (κ2) is 8.31. The number of carbonyl (C=O) groups excluding carboxylic acids is 2. The number of amides is 2. The molecule has 0 radical (unpaired) electrons. The number of nitrogens with zero attached hydrogens (tertiary/aromatic N) is 4. The molecule has 0 unspecified atom stereocenters. The smallest absolute Gasteiger partial charge is 0.235 e. The third kappa shape index (κ3) is 5.00. The van der Waals surface area contributed by atoms with E-state index in [9.17, 15) is 14.8 Å². The van der Waals surface area contributed by atoms with Gasteiger partial charge in [0, 0.05) is 19.4 Å². The normalized spacial score (nSPS) is 15.9. The van der Waals surface area contributed by atoms with Crippen molar-refractivity contribution in [3.63, 3.8) is 0 Å². The van der Waals surface area contributed by atoms with Gasteiger partial charge in [-0.2, -0.15) is 0 Å². The number of hydrogen-bond donors (Lipinski definition) is 1. The molecule has 0 bridgehead atoms. The van der Waals surface area contributed by atoms with Gasteiger partial charge in [-0.15, -0.1) is 5.01 Å². The first-order valence-corrected chi connectivity index (χ1v) is 6.51. The molecular formula is C11H20N4O5. The summed E-state index contributed by atoms with van der Waals surface area (Å²) in [6.45, 7) is 0.267. The first-order chi connectivity index (χ1) is 9.56. The molecule has 0 aromatic rings. The molecule has 1 aliphatic rings. The molecule has 1 heterocycles. The van der Waals surface area contributed by atoms with E-state index in [0.717, 1.165) is 17.7 Å². The molecular weight excluding hydrogens is 268 g/mol. The molecule has 0 aromatic heterocycles. The largest absolute Gasteiger partial charge is 0.569 e. The fraction of sp³-hybridized carbons (Fsp3) is 0.818. The molecule has 0 spiro atoms. The minimum atomic E-state index is -0.339. The number of rotatable bonds is 9. The van der Waals surface area contributed by atoms with Crippen molar-refractivity contribution >= 4 is 11.8 Å². The Hall–Kier alpha value is -1.90. The maximum absolute atomic E-state index is 11.5. The van der Waals surface area contributed by atoms with Crippen LogP contribution in [0.5, 0.6) is 0 Å². The van der Waals surface area contributed by atoms with Crippen molar-refractivity contribution in [1.82, 2.24) is 9.91 Å². The standard InChI is InChI=1S/C11H20N4O5/c1-13(7-3-2-4-8-16)15(19)12-20-9-14-10(17)5-6-11(14)18/h16H,2-9H2,1H3/b15-12+. The number of carbonyl (C=O) groups is 2. The fourth-order valence-electron chi connectivity index (χ4n) is 1.68. The van der Waals surface area contributed by atoms with Gasteiger partial charge in [-0.05, 0) is 19.3 Å². The molecule has 1 saturated heterocycles. The Morgan fingerprint density at radius 3 is 2.60 bits per heavy atom. The summed E-state index contributed by atoms with van der Waals surface area (Å²) < 4.78 is 0. The predicted octanol–water partition coefficient (Wildman–Crippen LogP) is -0.00360. The van der Waals surface area contributed by atoms with Crippen LogP contribution in [0.4, 0.5) is 0 Å². The minimum absolute atomic E-state index is 0.135. The molecule has 1 N–H and O–H groups in total. The molecule has 114 valence electrons. The van der Waals surface area contributed by atoms with Crippen LogP contribution in [0.2, 0.25) is 0 Å². The average molecular weight is 288 g/mol. The van der Waals surface area contributed by atoms with Crippen molar-refractivity contribution in [3.05, 3.63) is 5.21 Å². The van der Waals surface area contributed by atoms with Crippen LogP contribution in [-0.2, 0) is 14.4 Å². The zero-order valence-electron chi connectivity index (χ0n) is 11.5. The first-order valence-electron chi connectivity index (χ1n) is 6.51. The lowest BCUT2D eigenvalue weighted by molar-refractivity contribution is -0.705. The molecule has 1 fully saturated rings. The molecule has 20 heavy (non-hydrogen) atoms. The van der Waals surface area contributed by atoms with Crippen LogP contribution in [0.1, 0.15) is 32.1 Å². The third-order valence-electron chi connectivity index (χ3n) is 2.90. The van der Waals surface area contributed by atoms with Gasteiger partial charge in [0.05, 0.1) is 18.6 Å². The summed E-state index contributed by atoms with van der Waals surface area (Å²) in [5.74, 6) is -0.639. The van der Waals surface area contributed by atoms with Gasteiger partial charge in [0.1, 0.15) is 0 Å². The van der Waals surface area contributed by atoms with E-state index in [4.69, 9.17) is 9.94 Å². The van der Waals surface area contributed by atoms with Crippen LogP contribution in [0, 0.1) is 5.21 Å². The van der Waals surface area contributed by atoms with Gasteiger partial charge in [-0.1, -0.05) is 0 Å². The van der Waals surface area contributed by atoms with Crippen LogP contribution in [0.15, 0.2) is 5.28 Å². The van der Waals surface area contributed by atoms with Crippen LogP contribution in [0.3, 0.4) is 0 Å². The second-order valence-electron chi connectivity index (χ2n) is 4.47. The summed E-state index contributed by atoms with van der Waals surface area (Å²) in [4.78, 5) is 28.4. The lowest BCUT2D eigenvalue weighted by Gasteiger charge is -2.13. The monoisotopic (exact) mass is 288 g/mol. The van der Waals surface area contributed by atoms with Gasteiger partial charge in [-0.25, -0.2) is 4.90 Å². The summed E-state index contributed by atoms with van der Waals surface area (Å²) >= 11 is 0. The van der Waals surface area contributed by atoms with Crippen LogP contribution in [0.25, 0.3) is 0 Å². The number of likely N-dealkylation sites (tertiary alicyclic amines) is 1. The van der Waals surface area contributed by atoms with E-state index in [-0.39, 0.29) is 43.0 Å². The highest BCUT2D eigenvalue weighted by Crippen LogP contribution is 2.11. The molecule has 1 rings (SSSR count). The highest BCUT2D eigenvalue weighted by atomic mass is 16.7. The summed E-state index contributed by atoms with van der Waals surface area (Å²) in [5.41, 5.74) is 0. The predicted molar refractivity (Wildman–Crippen MR) is 66.7 cm³/mol. The van der Waals surface area contributed by atoms with Crippen molar-refractivity contribution in [2.75, 3.05) is 26.9 Å². The van der Waals surface area contributed by atoms with Gasteiger partial charge >= 0.3 is 0 Å². The zero-order chi connectivity index (χ0) is 15.0. The maximum Gasteiger partial charge on any atom is 0.235 e. The zero-order valence-corrected chi connectivity index (χ0v) is 11.5. The van der Waals surface area contributed by atoms with E-state index in [1.54, 1.807) is 7.05 Å².